The fourth-order valence-corrected chi connectivity index (χ4v) is 1.17. The van der Waals surface area contributed by atoms with Crippen LogP contribution in [0.3, 0.4) is 0 Å². The van der Waals surface area contributed by atoms with Crippen LogP contribution in [0, 0.1) is 10.1 Å². The van der Waals surface area contributed by atoms with Gasteiger partial charge in [0.15, 0.2) is 6.29 Å². The van der Waals surface area contributed by atoms with E-state index < -0.39 is 29.8 Å². The van der Waals surface area contributed by atoms with Crippen molar-refractivity contribution in [2.24, 2.45) is 0 Å². The molecule has 0 unspecified atom stereocenters. The Hall–Kier alpha value is -2.12. The Morgan fingerprint density at radius 3 is 2.56 bits per heavy atom. The number of benzene rings is 1. The second-order valence-electron chi connectivity index (χ2n) is 3.31. The van der Waals surface area contributed by atoms with Gasteiger partial charge in [-0.3, -0.25) is 14.9 Å². The summed E-state index contributed by atoms with van der Waals surface area (Å²) in [6.45, 7) is -0.611. The lowest BCUT2D eigenvalue weighted by atomic mass is 10.2. The van der Waals surface area contributed by atoms with Crippen LogP contribution < -0.4 is 4.74 Å². The van der Waals surface area contributed by atoms with Crippen LogP contribution in [0.15, 0.2) is 18.2 Å². The molecule has 8 heteroatoms. The van der Waals surface area contributed by atoms with Crippen molar-refractivity contribution in [2.45, 2.75) is 12.6 Å². The number of alkyl halides is 3. The number of aldehydes is 1. The molecule has 0 spiro atoms. The summed E-state index contributed by atoms with van der Waals surface area (Å²) >= 11 is 0. The standard InChI is InChI=1S/C10H8F3NO4/c11-10(12,13)3-4-18-8-1-2-9(14(16)17)7(5-8)6-15/h1-2,5-6H,3-4H2. The summed E-state index contributed by atoms with van der Waals surface area (Å²) in [5.74, 6) is -0.0213. The van der Waals surface area contributed by atoms with Crippen LogP contribution in [0.1, 0.15) is 16.8 Å². The van der Waals surface area contributed by atoms with E-state index in [4.69, 9.17) is 4.74 Å². The number of halogens is 3. The van der Waals surface area contributed by atoms with Crippen molar-refractivity contribution in [3.8, 4) is 5.75 Å². The van der Waals surface area contributed by atoms with Crippen molar-refractivity contribution >= 4 is 12.0 Å². The van der Waals surface area contributed by atoms with Gasteiger partial charge in [0.25, 0.3) is 5.69 Å². The summed E-state index contributed by atoms with van der Waals surface area (Å²) in [4.78, 5) is 20.3. The van der Waals surface area contributed by atoms with E-state index in [0.29, 0.717) is 0 Å². The van der Waals surface area contributed by atoms with Crippen LogP contribution in [-0.4, -0.2) is 24.0 Å². The number of carbonyl (C=O) groups excluding carboxylic acids is 1. The summed E-state index contributed by atoms with van der Waals surface area (Å²) in [6, 6.07) is 3.18. The van der Waals surface area contributed by atoms with E-state index in [9.17, 15) is 28.1 Å². The van der Waals surface area contributed by atoms with Crippen molar-refractivity contribution < 1.29 is 27.6 Å². The Bertz CT molecular complexity index is 459. The third-order valence-corrected chi connectivity index (χ3v) is 1.98. The largest absolute Gasteiger partial charge is 0.493 e. The Balaban J connectivity index is 2.74. The molecular formula is C10H8F3NO4. The molecule has 0 amide bonds. The van der Waals surface area contributed by atoms with Crippen molar-refractivity contribution in [3.63, 3.8) is 0 Å². The quantitative estimate of drug-likeness (QED) is 0.465. The molecule has 0 aliphatic heterocycles. The Morgan fingerprint density at radius 1 is 1.39 bits per heavy atom. The minimum absolute atomic E-state index is 0.0213. The van der Waals surface area contributed by atoms with Gasteiger partial charge in [-0.1, -0.05) is 0 Å². The van der Waals surface area contributed by atoms with E-state index in [-0.39, 0.29) is 17.6 Å². The lowest BCUT2D eigenvalue weighted by molar-refractivity contribution is -0.385. The molecule has 1 aromatic rings. The summed E-state index contributed by atoms with van der Waals surface area (Å²) in [5, 5.41) is 10.5. The molecular weight excluding hydrogens is 255 g/mol. The second-order valence-corrected chi connectivity index (χ2v) is 3.31. The van der Waals surface area contributed by atoms with Gasteiger partial charge in [-0.2, -0.15) is 13.2 Å². The second kappa shape index (κ2) is 5.48. The topological polar surface area (TPSA) is 69.4 Å². The zero-order valence-electron chi connectivity index (χ0n) is 8.94. The maximum Gasteiger partial charge on any atom is 0.392 e. The first-order valence-electron chi connectivity index (χ1n) is 4.76. The Labute approximate surface area is 99.3 Å². The predicted octanol–water partition coefficient (Wildman–Crippen LogP) is 2.74. The van der Waals surface area contributed by atoms with Crippen molar-refractivity contribution in [1.29, 1.82) is 0 Å². The SMILES string of the molecule is O=Cc1cc(OCCC(F)(F)F)ccc1[N+](=O)[O-]. The van der Waals surface area contributed by atoms with Crippen molar-refractivity contribution in [3.05, 3.63) is 33.9 Å². The highest BCUT2D eigenvalue weighted by Gasteiger charge is 2.27. The molecule has 0 aliphatic carbocycles. The lowest BCUT2D eigenvalue weighted by Crippen LogP contribution is -2.13. The van der Waals surface area contributed by atoms with Crippen LogP contribution in [0.5, 0.6) is 5.75 Å². The molecule has 0 atom stereocenters. The van der Waals surface area contributed by atoms with Crippen LogP contribution in [0.2, 0.25) is 0 Å². The molecule has 0 fully saturated rings. The van der Waals surface area contributed by atoms with E-state index in [2.05, 4.69) is 0 Å². The molecule has 0 aliphatic rings. The van der Waals surface area contributed by atoms with E-state index in [1.807, 2.05) is 0 Å². The molecule has 5 nitrogen and oxygen atoms in total. The molecule has 0 saturated carbocycles. The molecule has 98 valence electrons. The first-order valence-corrected chi connectivity index (χ1v) is 4.76. The van der Waals surface area contributed by atoms with Gasteiger partial charge < -0.3 is 4.74 Å². The van der Waals surface area contributed by atoms with E-state index >= 15 is 0 Å². The van der Waals surface area contributed by atoms with Gasteiger partial charge in [0.05, 0.1) is 23.5 Å². The maximum absolute atomic E-state index is 11.8. The first-order chi connectivity index (χ1) is 8.33. The van der Waals surface area contributed by atoms with Gasteiger partial charge >= 0.3 is 6.18 Å². The monoisotopic (exact) mass is 263 g/mol. The van der Waals surface area contributed by atoms with E-state index in [1.54, 1.807) is 0 Å². The lowest BCUT2D eigenvalue weighted by Gasteiger charge is -2.08. The summed E-state index contributed by atoms with van der Waals surface area (Å²) in [5.41, 5.74) is -0.669. The van der Waals surface area contributed by atoms with Gasteiger partial charge in [-0.25, -0.2) is 0 Å². The van der Waals surface area contributed by atoms with Gasteiger partial charge in [0, 0.05) is 6.07 Å². The Kier molecular flexibility index (Phi) is 4.24. The highest BCUT2D eigenvalue weighted by atomic mass is 19.4. The molecule has 0 saturated heterocycles. The van der Waals surface area contributed by atoms with Crippen LogP contribution in [0.4, 0.5) is 18.9 Å². The van der Waals surface area contributed by atoms with Gasteiger partial charge in [0.1, 0.15) is 5.75 Å². The molecule has 0 radical (unpaired) electrons. The predicted molar refractivity (Wildman–Crippen MR) is 54.7 cm³/mol. The average molecular weight is 263 g/mol. The van der Waals surface area contributed by atoms with Gasteiger partial charge in [-0.15, -0.1) is 0 Å². The summed E-state index contributed by atoms with van der Waals surface area (Å²) < 4.78 is 40.3. The highest BCUT2D eigenvalue weighted by molar-refractivity contribution is 5.82. The van der Waals surface area contributed by atoms with E-state index in [1.165, 1.54) is 0 Å². The van der Waals surface area contributed by atoms with Crippen molar-refractivity contribution in [2.75, 3.05) is 6.61 Å². The summed E-state index contributed by atoms with van der Waals surface area (Å²) in [6.07, 6.45) is -5.23. The fraction of sp³-hybridized carbons (Fsp3) is 0.300. The number of hydrogen-bond donors (Lipinski definition) is 0. The van der Waals surface area contributed by atoms with Crippen molar-refractivity contribution in [1.82, 2.24) is 0 Å². The third kappa shape index (κ3) is 4.04. The molecule has 1 rings (SSSR count). The normalized spacial score (nSPS) is 11.1. The highest BCUT2D eigenvalue weighted by Crippen LogP contribution is 2.24. The van der Waals surface area contributed by atoms with Gasteiger partial charge in [-0.05, 0) is 12.1 Å². The number of nitro benzene ring substituents is 1. The number of nitrogens with zero attached hydrogens (tertiary/aromatic N) is 1. The minimum Gasteiger partial charge on any atom is -0.493 e. The molecule has 0 N–H and O–H groups in total. The van der Waals surface area contributed by atoms with Gasteiger partial charge in [0.2, 0.25) is 0 Å². The van der Waals surface area contributed by atoms with Crippen LogP contribution in [-0.2, 0) is 0 Å². The zero-order valence-corrected chi connectivity index (χ0v) is 8.94. The first kappa shape index (κ1) is 13.9. The number of nitro groups is 1. The van der Waals surface area contributed by atoms with Crippen LogP contribution >= 0.6 is 0 Å². The number of ether oxygens (including phenoxy) is 1. The molecule has 18 heavy (non-hydrogen) atoms. The average Bonchev–Trinajstić information content (AvgIpc) is 2.26. The summed E-state index contributed by atoms with van der Waals surface area (Å²) in [7, 11) is 0. The van der Waals surface area contributed by atoms with Crippen LogP contribution in [0.25, 0.3) is 0 Å². The molecule has 0 aromatic heterocycles. The van der Waals surface area contributed by atoms with E-state index in [0.717, 1.165) is 18.2 Å². The Morgan fingerprint density at radius 2 is 2.06 bits per heavy atom. The number of carbonyl (C=O) groups is 1. The maximum atomic E-state index is 11.8. The molecule has 0 bridgehead atoms. The smallest absolute Gasteiger partial charge is 0.392 e. The fourth-order valence-electron chi connectivity index (χ4n) is 1.17. The third-order valence-electron chi connectivity index (χ3n) is 1.98. The number of hydrogen-bond acceptors (Lipinski definition) is 4. The molecule has 0 heterocycles. The zero-order chi connectivity index (χ0) is 13.8. The minimum atomic E-state index is -4.34. The number of rotatable bonds is 5. The molecule has 1 aromatic carbocycles.